The van der Waals surface area contributed by atoms with Crippen LogP contribution in [-0.4, -0.2) is 22.1 Å². The van der Waals surface area contributed by atoms with Crippen LogP contribution in [0.2, 0.25) is 0 Å². The minimum Gasteiger partial charge on any atom is -0.350 e. The minimum atomic E-state index is 0. The van der Waals surface area contributed by atoms with Crippen molar-refractivity contribution >= 4 is 29.7 Å². The Labute approximate surface area is 130 Å². The third-order valence-electron chi connectivity index (χ3n) is 3.58. The molecule has 5 nitrogen and oxygen atoms in total. The number of hydrogen-bond acceptors (Lipinski definition) is 5. The summed E-state index contributed by atoms with van der Waals surface area (Å²) in [6.45, 7) is 4.65. The molecule has 1 saturated carbocycles. The molecule has 1 aliphatic carbocycles. The zero-order valence-electron chi connectivity index (χ0n) is 12.0. The summed E-state index contributed by atoms with van der Waals surface area (Å²) in [5, 5.41) is 13.0. The molecule has 1 heterocycles. The van der Waals surface area contributed by atoms with E-state index in [2.05, 4.69) is 29.4 Å². The molecule has 2 rings (SSSR count). The number of carbonyl (C=O) groups excluding carboxylic acids is 1. The van der Waals surface area contributed by atoms with E-state index in [9.17, 15) is 4.79 Å². The van der Waals surface area contributed by atoms with Crippen molar-refractivity contribution in [2.45, 2.75) is 58.0 Å². The van der Waals surface area contributed by atoms with Crippen molar-refractivity contribution in [1.29, 1.82) is 0 Å². The van der Waals surface area contributed by atoms with E-state index in [1.54, 1.807) is 11.3 Å². The molecule has 0 aliphatic heterocycles. The highest BCUT2D eigenvalue weighted by Gasteiger charge is 2.25. The number of hydrogen-bond donors (Lipinski definition) is 2. The number of rotatable bonds is 5. The van der Waals surface area contributed by atoms with Gasteiger partial charge in [0.1, 0.15) is 10.0 Å². The lowest BCUT2D eigenvalue weighted by Gasteiger charge is -2.14. The Hall–Kier alpha value is -0.720. The zero-order chi connectivity index (χ0) is 13.8. The largest absolute Gasteiger partial charge is 0.350 e. The van der Waals surface area contributed by atoms with Gasteiger partial charge in [0.2, 0.25) is 5.91 Å². The van der Waals surface area contributed by atoms with Gasteiger partial charge in [-0.05, 0) is 18.8 Å². The van der Waals surface area contributed by atoms with E-state index < -0.39 is 0 Å². The molecule has 2 atom stereocenters. The molecule has 0 unspecified atom stereocenters. The van der Waals surface area contributed by atoms with Crippen LogP contribution in [0.15, 0.2) is 0 Å². The average Bonchev–Trinajstić information content (AvgIpc) is 2.97. The molecule has 114 valence electrons. The fraction of sp³-hybridized carbons (Fsp3) is 0.769. The molecule has 1 fully saturated rings. The van der Waals surface area contributed by atoms with E-state index in [-0.39, 0.29) is 24.4 Å². The molecule has 0 aromatic carbocycles. The van der Waals surface area contributed by atoms with Gasteiger partial charge in [-0.2, -0.15) is 0 Å². The van der Waals surface area contributed by atoms with Gasteiger partial charge in [-0.3, -0.25) is 4.79 Å². The number of carbonyl (C=O) groups is 1. The lowest BCUT2D eigenvalue weighted by molar-refractivity contribution is -0.122. The van der Waals surface area contributed by atoms with Gasteiger partial charge in [0.15, 0.2) is 0 Å². The van der Waals surface area contributed by atoms with Crippen LogP contribution in [0.5, 0.6) is 0 Å². The van der Waals surface area contributed by atoms with Crippen LogP contribution in [0.3, 0.4) is 0 Å². The van der Waals surface area contributed by atoms with Crippen LogP contribution in [0, 0.1) is 5.92 Å². The first-order chi connectivity index (χ1) is 9.06. The summed E-state index contributed by atoms with van der Waals surface area (Å²) in [6, 6.07) is 0.194. The summed E-state index contributed by atoms with van der Waals surface area (Å²) < 4.78 is 0. The summed E-state index contributed by atoms with van der Waals surface area (Å²) in [7, 11) is 0. The SMILES string of the molecule is CC(C)c1nnc(CNC(=O)C[C@@H]2CCC[C@H]2N)s1.Cl. The van der Waals surface area contributed by atoms with Crippen molar-refractivity contribution in [2.24, 2.45) is 11.7 Å². The quantitative estimate of drug-likeness (QED) is 0.872. The highest BCUT2D eigenvalue weighted by Crippen LogP contribution is 2.26. The Balaban J connectivity index is 0.00000200. The maximum absolute atomic E-state index is 11.8. The molecule has 3 N–H and O–H groups in total. The van der Waals surface area contributed by atoms with Gasteiger partial charge in [0.05, 0.1) is 6.54 Å². The van der Waals surface area contributed by atoms with Gasteiger partial charge in [-0.25, -0.2) is 0 Å². The Bertz CT molecular complexity index is 438. The molecule has 7 heteroatoms. The average molecular weight is 319 g/mol. The van der Waals surface area contributed by atoms with E-state index in [1.807, 2.05) is 0 Å². The number of nitrogens with one attached hydrogen (secondary N) is 1. The minimum absolute atomic E-state index is 0. The Morgan fingerprint density at radius 2 is 2.20 bits per heavy atom. The van der Waals surface area contributed by atoms with Crippen LogP contribution in [0.4, 0.5) is 0 Å². The topological polar surface area (TPSA) is 80.9 Å². The molecule has 0 radical (unpaired) electrons. The predicted molar refractivity (Wildman–Crippen MR) is 83.0 cm³/mol. The lowest BCUT2D eigenvalue weighted by atomic mass is 10.00. The van der Waals surface area contributed by atoms with Crippen molar-refractivity contribution < 1.29 is 4.79 Å². The number of amides is 1. The fourth-order valence-electron chi connectivity index (χ4n) is 2.37. The summed E-state index contributed by atoms with van der Waals surface area (Å²) in [4.78, 5) is 11.8. The van der Waals surface area contributed by atoms with Crippen molar-refractivity contribution in [2.75, 3.05) is 0 Å². The Morgan fingerprint density at radius 3 is 2.75 bits per heavy atom. The highest BCUT2D eigenvalue weighted by atomic mass is 35.5. The maximum Gasteiger partial charge on any atom is 0.220 e. The van der Waals surface area contributed by atoms with E-state index in [1.165, 1.54) is 0 Å². The van der Waals surface area contributed by atoms with Gasteiger partial charge >= 0.3 is 0 Å². The lowest BCUT2D eigenvalue weighted by Crippen LogP contribution is -2.31. The third kappa shape index (κ3) is 4.68. The predicted octanol–water partition coefficient (Wildman–Crippen LogP) is 2.22. The van der Waals surface area contributed by atoms with Gasteiger partial charge in [-0.1, -0.05) is 31.6 Å². The Morgan fingerprint density at radius 1 is 1.45 bits per heavy atom. The van der Waals surface area contributed by atoms with Gasteiger partial charge in [0.25, 0.3) is 0 Å². The zero-order valence-corrected chi connectivity index (χ0v) is 13.6. The van der Waals surface area contributed by atoms with Crippen LogP contribution >= 0.6 is 23.7 Å². The first-order valence-electron chi connectivity index (χ1n) is 6.91. The number of nitrogens with zero attached hydrogens (tertiary/aromatic N) is 2. The first kappa shape index (κ1) is 17.3. The van der Waals surface area contributed by atoms with E-state index in [0.29, 0.717) is 24.8 Å². The van der Waals surface area contributed by atoms with Gasteiger partial charge < -0.3 is 11.1 Å². The van der Waals surface area contributed by atoms with Crippen molar-refractivity contribution in [3.63, 3.8) is 0 Å². The Kier molecular flexibility index (Phi) is 6.85. The van der Waals surface area contributed by atoms with Crippen molar-refractivity contribution in [3.05, 3.63) is 10.0 Å². The summed E-state index contributed by atoms with van der Waals surface area (Å²) in [6.07, 6.45) is 3.81. The monoisotopic (exact) mass is 318 g/mol. The fourth-order valence-corrected chi connectivity index (χ4v) is 3.16. The number of halogens is 1. The second kappa shape index (κ2) is 7.90. The van der Waals surface area contributed by atoms with Crippen LogP contribution in [-0.2, 0) is 11.3 Å². The normalized spacial score (nSPS) is 21.8. The smallest absolute Gasteiger partial charge is 0.220 e. The molecule has 1 aromatic heterocycles. The number of nitrogens with two attached hydrogens (primary N) is 1. The summed E-state index contributed by atoms with van der Waals surface area (Å²) in [5.74, 6) is 0.808. The third-order valence-corrected chi connectivity index (χ3v) is 4.80. The van der Waals surface area contributed by atoms with Crippen molar-refractivity contribution in [3.8, 4) is 0 Å². The second-order valence-corrected chi connectivity index (χ2v) is 6.62. The van der Waals surface area contributed by atoms with E-state index >= 15 is 0 Å². The molecule has 1 aromatic rings. The number of aromatic nitrogens is 2. The van der Waals surface area contributed by atoms with E-state index in [0.717, 1.165) is 29.3 Å². The van der Waals surface area contributed by atoms with Gasteiger partial charge in [-0.15, -0.1) is 22.6 Å². The standard InChI is InChI=1S/C13H22N4OS.ClH/c1-8(2)13-17-16-12(19-13)7-15-11(18)6-9-4-3-5-10(9)14;/h8-10H,3-7,14H2,1-2H3,(H,15,18);1H/t9-,10+;/m0./s1. The molecule has 1 aliphatic rings. The molecule has 1 amide bonds. The molecular weight excluding hydrogens is 296 g/mol. The molecule has 0 bridgehead atoms. The summed E-state index contributed by atoms with van der Waals surface area (Å²) in [5.41, 5.74) is 5.97. The molecule has 0 spiro atoms. The van der Waals surface area contributed by atoms with Crippen LogP contribution < -0.4 is 11.1 Å². The summed E-state index contributed by atoms with van der Waals surface area (Å²) >= 11 is 1.56. The van der Waals surface area contributed by atoms with Crippen molar-refractivity contribution in [1.82, 2.24) is 15.5 Å². The maximum atomic E-state index is 11.8. The molecular formula is C13H23ClN4OS. The highest BCUT2D eigenvalue weighted by molar-refractivity contribution is 7.11. The van der Waals surface area contributed by atoms with E-state index in [4.69, 9.17) is 5.73 Å². The first-order valence-corrected chi connectivity index (χ1v) is 7.72. The molecule has 20 heavy (non-hydrogen) atoms. The van der Waals surface area contributed by atoms with Crippen LogP contribution in [0.1, 0.15) is 55.5 Å². The second-order valence-electron chi connectivity index (χ2n) is 5.52. The van der Waals surface area contributed by atoms with Gasteiger partial charge in [0, 0.05) is 18.4 Å². The molecule has 0 saturated heterocycles. The van der Waals surface area contributed by atoms with Crippen LogP contribution in [0.25, 0.3) is 0 Å².